The second kappa shape index (κ2) is 5.45. The third-order valence-electron chi connectivity index (χ3n) is 2.86. The van der Waals surface area contributed by atoms with Gasteiger partial charge in [0.25, 0.3) is 0 Å². The molecule has 2 aromatic carbocycles. The Morgan fingerprint density at radius 3 is 2.40 bits per heavy atom. The molecule has 1 nitrogen and oxygen atoms in total. The number of hydrogen-bond acceptors (Lipinski definition) is 1. The molecule has 0 radical (unpaired) electrons. The van der Waals surface area contributed by atoms with Crippen LogP contribution in [-0.2, 0) is 12.6 Å². The smallest absolute Gasteiger partial charge is 0.298 e. The Bertz CT molecular complexity index is 632. The number of alkyl halides is 3. The van der Waals surface area contributed by atoms with Gasteiger partial charge in [0.2, 0.25) is 0 Å². The zero-order valence-corrected chi connectivity index (χ0v) is 10.2. The Morgan fingerprint density at radius 1 is 1.05 bits per heavy atom. The summed E-state index contributed by atoms with van der Waals surface area (Å²) in [5.74, 6) is -0.906. The van der Waals surface area contributed by atoms with Crippen LogP contribution in [0.1, 0.15) is 27.0 Å². The highest BCUT2D eigenvalue weighted by Gasteiger charge is 2.31. The molecule has 0 saturated carbocycles. The Labute approximate surface area is 112 Å². The summed E-state index contributed by atoms with van der Waals surface area (Å²) in [4.78, 5) is 10.6. The van der Waals surface area contributed by atoms with Gasteiger partial charge in [0.1, 0.15) is 12.1 Å². The maximum atomic E-state index is 13.7. The fraction of sp³-hybridized carbons (Fsp3) is 0.133. The number of aldehydes is 1. The molecule has 0 spiro atoms. The minimum atomic E-state index is -4.56. The summed E-state index contributed by atoms with van der Waals surface area (Å²) >= 11 is 0. The van der Waals surface area contributed by atoms with E-state index in [0.717, 1.165) is 12.1 Å². The van der Waals surface area contributed by atoms with Gasteiger partial charge in [-0.2, -0.15) is 13.2 Å². The minimum absolute atomic E-state index is 0.131. The molecule has 0 aliphatic heterocycles. The van der Waals surface area contributed by atoms with Crippen molar-refractivity contribution in [3.8, 4) is 0 Å². The Kier molecular flexibility index (Phi) is 3.88. The van der Waals surface area contributed by atoms with Crippen molar-refractivity contribution in [2.24, 2.45) is 0 Å². The van der Waals surface area contributed by atoms with Gasteiger partial charge in [-0.1, -0.05) is 24.3 Å². The van der Waals surface area contributed by atoms with Crippen molar-refractivity contribution >= 4 is 6.29 Å². The lowest BCUT2D eigenvalue weighted by Gasteiger charge is -2.09. The highest BCUT2D eigenvalue weighted by atomic mass is 19.4. The Balaban J connectivity index is 2.28. The van der Waals surface area contributed by atoms with Crippen molar-refractivity contribution in [2.75, 3.05) is 0 Å². The molecule has 0 fully saturated rings. The second-order valence-corrected chi connectivity index (χ2v) is 4.34. The molecule has 2 rings (SSSR count). The summed E-state index contributed by atoms with van der Waals surface area (Å²) in [7, 11) is 0. The summed E-state index contributed by atoms with van der Waals surface area (Å²) in [6, 6.07) is 8.95. The maximum absolute atomic E-state index is 13.7. The molecular formula is C15H10F4O. The molecule has 0 N–H and O–H groups in total. The summed E-state index contributed by atoms with van der Waals surface area (Å²) in [5.41, 5.74) is 0.240. The van der Waals surface area contributed by atoms with E-state index in [4.69, 9.17) is 0 Å². The molecule has 0 atom stereocenters. The fourth-order valence-corrected chi connectivity index (χ4v) is 1.86. The van der Waals surface area contributed by atoms with Gasteiger partial charge in [-0.15, -0.1) is 0 Å². The minimum Gasteiger partial charge on any atom is -0.298 e. The van der Waals surface area contributed by atoms with Crippen molar-refractivity contribution in [2.45, 2.75) is 12.6 Å². The summed E-state index contributed by atoms with van der Waals surface area (Å²) < 4.78 is 50.9. The van der Waals surface area contributed by atoms with Crippen LogP contribution in [-0.4, -0.2) is 6.29 Å². The van der Waals surface area contributed by atoms with Crippen LogP contribution >= 0.6 is 0 Å². The van der Waals surface area contributed by atoms with Crippen LogP contribution in [0.5, 0.6) is 0 Å². The second-order valence-electron chi connectivity index (χ2n) is 4.34. The van der Waals surface area contributed by atoms with Gasteiger partial charge in [-0.05, 0) is 29.3 Å². The van der Waals surface area contributed by atoms with E-state index in [-0.39, 0.29) is 12.0 Å². The molecule has 0 aromatic heterocycles. The highest BCUT2D eigenvalue weighted by molar-refractivity contribution is 5.74. The van der Waals surface area contributed by atoms with Crippen LogP contribution in [0.2, 0.25) is 0 Å². The number of hydrogen-bond donors (Lipinski definition) is 0. The largest absolute Gasteiger partial charge is 0.416 e. The maximum Gasteiger partial charge on any atom is 0.416 e. The van der Waals surface area contributed by atoms with Crippen LogP contribution in [0.3, 0.4) is 0 Å². The van der Waals surface area contributed by atoms with Crippen LogP contribution in [0.25, 0.3) is 0 Å². The van der Waals surface area contributed by atoms with Gasteiger partial charge >= 0.3 is 6.18 Å². The van der Waals surface area contributed by atoms with Gasteiger partial charge in [0, 0.05) is 12.0 Å². The van der Waals surface area contributed by atoms with Crippen molar-refractivity contribution in [3.63, 3.8) is 0 Å². The van der Waals surface area contributed by atoms with Crippen molar-refractivity contribution in [1.82, 2.24) is 0 Å². The molecule has 0 aliphatic carbocycles. The molecule has 0 saturated heterocycles. The van der Waals surface area contributed by atoms with E-state index in [2.05, 4.69) is 0 Å². The molecule has 20 heavy (non-hydrogen) atoms. The zero-order chi connectivity index (χ0) is 14.8. The average Bonchev–Trinajstić information content (AvgIpc) is 2.40. The predicted octanol–water partition coefficient (Wildman–Crippen LogP) is 4.25. The van der Waals surface area contributed by atoms with Crippen LogP contribution in [0.4, 0.5) is 17.6 Å². The van der Waals surface area contributed by atoms with E-state index in [1.165, 1.54) is 0 Å². The third kappa shape index (κ3) is 3.23. The summed E-state index contributed by atoms with van der Waals surface area (Å²) in [6.45, 7) is 0. The molecule has 5 heteroatoms. The number of rotatable bonds is 3. The van der Waals surface area contributed by atoms with Crippen LogP contribution in [0, 0.1) is 5.82 Å². The van der Waals surface area contributed by atoms with E-state index in [1.54, 1.807) is 24.3 Å². The van der Waals surface area contributed by atoms with E-state index in [0.29, 0.717) is 23.5 Å². The fourth-order valence-electron chi connectivity index (χ4n) is 1.86. The van der Waals surface area contributed by atoms with E-state index >= 15 is 0 Å². The standard InChI is InChI=1S/C15H10F4O/c16-14-8-13(15(17,18)19)5-4-12(14)7-10-2-1-3-11(6-10)9-20/h1-6,8-9H,7H2. The lowest BCUT2D eigenvalue weighted by atomic mass is 10.0. The molecule has 0 amide bonds. The molecule has 0 unspecified atom stereocenters. The van der Waals surface area contributed by atoms with Crippen LogP contribution in [0.15, 0.2) is 42.5 Å². The van der Waals surface area contributed by atoms with Crippen molar-refractivity contribution in [1.29, 1.82) is 0 Å². The third-order valence-corrected chi connectivity index (χ3v) is 2.86. The lowest BCUT2D eigenvalue weighted by molar-refractivity contribution is -0.137. The Morgan fingerprint density at radius 2 is 1.80 bits per heavy atom. The number of halogens is 4. The lowest BCUT2D eigenvalue weighted by Crippen LogP contribution is -2.06. The summed E-state index contributed by atoms with van der Waals surface area (Å²) in [6.07, 6.45) is -3.77. The van der Waals surface area contributed by atoms with Gasteiger partial charge in [0.05, 0.1) is 5.56 Å². The van der Waals surface area contributed by atoms with E-state index < -0.39 is 17.6 Å². The first-order valence-corrected chi connectivity index (χ1v) is 5.80. The van der Waals surface area contributed by atoms with Crippen molar-refractivity contribution < 1.29 is 22.4 Å². The summed E-state index contributed by atoms with van der Waals surface area (Å²) in [5, 5.41) is 0. The molecular weight excluding hydrogens is 272 g/mol. The number of carbonyl (C=O) groups is 1. The number of benzene rings is 2. The number of carbonyl (C=O) groups excluding carboxylic acids is 1. The predicted molar refractivity (Wildman–Crippen MR) is 66.0 cm³/mol. The van der Waals surface area contributed by atoms with Gasteiger partial charge in [0.15, 0.2) is 0 Å². The molecule has 0 aliphatic rings. The first-order valence-electron chi connectivity index (χ1n) is 5.80. The van der Waals surface area contributed by atoms with Crippen molar-refractivity contribution in [3.05, 3.63) is 70.5 Å². The molecule has 104 valence electrons. The molecule has 2 aromatic rings. The zero-order valence-electron chi connectivity index (χ0n) is 10.2. The van der Waals surface area contributed by atoms with Gasteiger partial charge in [-0.25, -0.2) is 4.39 Å². The van der Waals surface area contributed by atoms with Crippen LogP contribution < -0.4 is 0 Å². The quantitative estimate of drug-likeness (QED) is 0.607. The van der Waals surface area contributed by atoms with Gasteiger partial charge in [-0.3, -0.25) is 4.79 Å². The Hall–Kier alpha value is -2.17. The highest BCUT2D eigenvalue weighted by Crippen LogP contribution is 2.30. The van der Waals surface area contributed by atoms with Gasteiger partial charge < -0.3 is 0 Å². The molecule has 0 bridgehead atoms. The normalized spacial score (nSPS) is 11.4. The average molecular weight is 282 g/mol. The topological polar surface area (TPSA) is 17.1 Å². The first-order chi connectivity index (χ1) is 9.40. The first kappa shape index (κ1) is 14.2. The molecule has 0 heterocycles. The van der Waals surface area contributed by atoms with E-state index in [9.17, 15) is 22.4 Å². The monoisotopic (exact) mass is 282 g/mol. The SMILES string of the molecule is O=Cc1cccc(Cc2ccc(C(F)(F)F)cc2F)c1. The van der Waals surface area contributed by atoms with E-state index in [1.807, 2.05) is 0 Å².